The molecule has 0 aliphatic rings. The van der Waals surface area contributed by atoms with Crippen molar-refractivity contribution >= 4 is 43.2 Å². The quantitative estimate of drug-likeness (QED) is 0.748. The third-order valence-electron chi connectivity index (χ3n) is 2.35. The molecule has 0 atom stereocenters. The van der Waals surface area contributed by atoms with Crippen LogP contribution in [0, 0.1) is 5.41 Å². The van der Waals surface area contributed by atoms with Gasteiger partial charge in [0.05, 0.1) is 5.51 Å². The van der Waals surface area contributed by atoms with Crippen LogP contribution in [0.25, 0.3) is 0 Å². The largest absolute Gasteiger partial charge is 0.253 e. The third kappa shape index (κ3) is 3.03. The fourth-order valence-corrected chi connectivity index (χ4v) is 4.03. The van der Waals surface area contributed by atoms with Gasteiger partial charge >= 0.3 is 0 Å². The van der Waals surface area contributed by atoms with Crippen LogP contribution in [0.15, 0.2) is 11.7 Å². The molecule has 1 nitrogen and oxygen atoms in total. The summed E-state index contributed by atoms with van der Waals surface area (Å²) in [6.45, 7) is 2.24. The van der Waals surface area contributed by atoms with Crippen LogP contribution in [-0.2, 0) is 6.42 Å². The van der Waals surface area contributed by atoms with Crippen molar-refractivity contribution in [3.8, 4) is 0 Å². The van der Waals surface area contributed by atoms with Gasteiger partial charge in [0.25, 0.3) is 0 Å². The molecule has 0 aliphatic carbocycles. The van der Waals surface area contributed by atoms with Crippen molar-refractivity contribution in [3.05, 3.63) is 16.6 Å². The minimum atomic E-state index is 0.354. The molecule has 1 heterocycles. The molecule has 0 aromatic carbocycles. The van der Waals surface area contributed by atoms with Gasteiger partial charge in [-0.05, 0) is 18.3 Å². The first-order valence-electron chi connectivity index (χ1n) is 4.25. The normalized spacial score (nSPS) is 11.9. The lowest BCUT2D eigenvalue weighted by molar-refractivity contribution is 0.376. The number of alkyl halides is 2. The molecule has 13 heavy (non-hydrogen) atoms. The molecular weight excluding hydrogens is 314 g/mol. The van der Waals surface area contributed by atoms with Gasteiger partial charge in [-0.3, -0.25) is 4.98 Å². The summed E-state index contributed by atoms with van der Waals surface area (Å²) >= 11 is 8.93. The van der Waals surface area contributed by atoms with Crippen LogP contribution in [-0.4, -0.2) is 15.6 Å². The Morgan fingerprint density at radius 3 is 2.54 bits per heavy atom. The summed E-state index contributed by atoms with van der Waals surface area (Å²) in [5.74, 6) is 0. The second-order valence-corrected chi connectivity index (χ2v) is 5.36. The van der Waals surface area contributed by atoms with Crippen LogP contribution >= 0.6 is 43.2 Å². The maximum absolute atomic E-state index is 4.10. The van der Waals surface area contributed by atoms with E-state index in [1.165, 1.54) is 11.3 Å². The van der Waals surface area contributed by atoms with Gasteiger partial charge < -0.3 is 0 Å². The Kier molecular flexibility index (Phi) is 4.90. The molecule has 0 bridgehead atoms. The first-order chi connectivity index (χ1) is 6.26. The van der Waals surface area contributed by atoms with E-state index in [9.17, 15) is 0 Å². The number of thiazole rings is 1. The Hall–Kier alpha value is 0.590. The molecule has 1 aromatic rings. The highest BCUT2D eigenvalue weighted by molar-refractivity contribution is 9.09. The molecule has 0 aliphatic heterocycles. The minimum Gasteiger partial charge on any atom is -0.253 e. The molecule has 0 saturated heterocycles. The molecule has 74 valence electrons. The van der Waals surface area contributed by atoms with E-state index in [1.807, 2.05) is 11.7 Å². The van der Waals surface area contributed by atoms with Gasteiger partial charge in [0.1, 0.15) is 0 Å². The van der Waals surface area contributed by atoms with E-state index >= 15 is 0 Å². The van der Waals surface area contributed by atoms with Crippen molar-refractivity contribution < 1.29 is 0 Å². The van der Waals surface area contributed by atoms with Gasteiger partial charge in [0, 0.05) is 21.7 Å². The van der Waals surface area contributed by atoms with Gasteiger partial charge in [-0.25, -0.2) is 0 Å². The predicted molar refractivity (Wildman–Crippen MR) is 66.1 cm³/mol. The van der Waals surface area contributed by atoms with Gasteiger partial charge in [-0.2, -0.15) is 0 Å². The van der Waals surface area contributed by atoms with Gasteiger partial charge in [0.2, 0.25) is 0 Å². The van der Waals surface area contributed by atoms with Crippen molar-refractivity contribution in [2.24, 2.45) is 5.41 Å². The maximum atomic E-state index is 4.10. The van der Waals surface area contributed by atoms with Crippen LogP contribution in [0.3, 0.4) is 0 Å². The number of hydrogen-bond donors (Lipinski definition) is 0. The zero-order valence-electron chi connectivity index (χ0n) is 7.59. The number of nitrogens with zero attached hydrogens (tertiary/aromatic N) is 1. The van der Waals surface area contributed by atoms with Crippen molar-refractivity contribution in [3.63, 3.8) is 0 Å². The molecule has 0 spiro atoms. The number of rotatable bonds is 5. The van der Waals surface area contributed by atoms with Crippen LogP contribution in [0.2, 0.25) is 0 Å². The number of aromatic nitrogens is 1. The Morgan fingerprint density at radius 1 is 1.46 bits per heavy atom. The summed E-state index contributed by atoms with van der Waals surface area (Å²) < 4.78 is 0. The van der Waals surface area contributed by atoms with E-state index in [1.54, 1.807) is 11.3 Å². The van der Waals surface area contributed by atoms with E-state index in [0.29, 0.717) is 5.41 Å². The molecule has 0 unspecified atom stereocenters. The van der Waals surface area contributed by atoms with Crippen molar-refractivity contribution in [1.29, 1.82) is 0 Å². The Morgan fingerprint density at radius 2 is 2.15 bits per heavy atom. The van der Waals surface area contributed by atoms with Crippen LogP contribution in [0.5, 0.6) is 0 Å². The highest BCUT2D eigenvalue weighted by Crippen LogP contribution is 2.32. The molecule has 0 amide bonds. The molecule has 0 fully saturated rings. The molecule has 0 radical (unpaired) electrons. The van der Waals surface area contributed by atoms with E-state index in [4.69, 9.17) is 0 Å². The van der Waals surface area contributed by atoms with Crippen LogP contribution in [0.4, 0.5) is 0 Å². The number of halogens is 2. The van der Waals surface area contributed by atoms with Gasteiger partial charge in [-0.15, -0.1) is 11.3 Å². The highest BCUT2D eigenvalue weighted by atomic mass is 79.9. The second kappa shape index (κ2) is 5.47. The van der Waals surface area contributed by atoms with Gasteiger partial charge in [0.15, 0.2) is 0 Å². The van der Waals surface area contributed by atoms with E-state index in [-0.39, 0.29) is 0 Å². The average Bonchev–Trinajstić information content (AvgIpc) is 2.67. The monoisotopic (exact) mass is 325 g/mol. The highest BCUT2D eigenvalue weighted by Gasteiger charge is 2.26. The molecular formula is C9H13Br2NS. The molecule has 1 aromatic heterocycles. The van der Waals surface area contributed by atoms with Crippen LogP contribution < -0.4 is 0 Å². The summed E-state index contributed by atoms with van der Waals surface area (Å²) in [6, 6.07) is 0. The summed E-state index contributed by atoms with van der Waals surface area (Å²) in [4.78, 5) is 5.47. The summed E-state index contributed by atoms with van der Waals surface area (Å²) in [5, 5.41) is 2.08. The maximum Gasteiger partial charge on any atom is 0.0794 e. The fraction of sp³-hybridized carbons (Fsp3) is 0.667. The standard InChI is InChI=1S/C9H13Br2NS/c1-2-9(5-10,6-11)3-8-4-12-7-13-8/h4,7H,2-3,5-6H2,1H3. The molecule has 0 N–H and O–H groups in total. The lowest BCUT2D eigenvalue weighted by Crippen LogP contribution is -2.26. The van der Waals surface area contributed by atoms with E-state index in [0.717, 1.165) is 17.1 Å². The zero-order chi connectivity index (χ0) is 9.73. The summed E-state index contributed by atoms with van der Waals surface area (Å²) in [6.07, 6.45) is 4.27. The zero-order valence-corrected chi connectivity index (χ0v) is 11.6. The molecule has 0 saturated carbocycles. The Balaban J connectivity index is 2.67. The average molecular weight is 327 g/mol. The Bertz CT molecular complexity index is 224. The summed E-state index contributed by atoms with van der Waals surface area (Å²) in [7, 11) is 0. The Labute approximate surface area is 100 Å². The van der Waals surface area contributed by atoms with Crippen LogP contribution in [0.1, 0.15) is 18.2 Å². The lowest BCUT2D eigenvalue weighted by Gasteiger charge is -2.27. The van der Waals surface area contributed by atoms with E-state index in [2.05, 4.69) is 43.8 Å². The number of hydrogen-bond acceptors (Lipinski definition) is 2. The third-order valence-corrected chi connectivity index (χ3v) is 5.51. The lowest BCUT2D eigenvalue weighted by atomic mass is 9.86. The van der Waals surface area contributed by atoms with Gasteiger partial charge in [-0.1, -0.05) is 38.8 Å². The SMILES string of the molecule is CCC(CBr)(CBr)Cc1cncs1. The predicted octanol–water partition coefficient (Wildman–Crippen LogP) is 3.87. The first-order valence-corrected chi connectivity index (χ1v) is 7.38. The first kappa shape index (κ1) is 11.7. The summed E-state index contributed by atoms with van der Waals surface area (Å²) in [5.41, 5.74) is 2.25. The fourth-order valence-electron chi connectivity index (χ4n) is 1.14. The van der Waals surface area contributed by atoms with Crippen molar-refractivity contribution in [2.45, 2.75) is 19.8 Å². The van der Waals surface area contributed by atoms with E-state index < -0.39 is 0 Å². The topological polar surface area (TPSA) is 12.9 Å². The van der Waals surface area contributed by atoms with Crippen molar-refractivity contribution in [1.82, 2.24) is 4.98 Å². The molecule has 1 rings (SSSR count). The molecule has 4 heteroatoms. The smallest absolute Gasteiger partial charge is 0.0794 e. The minimum absolute atomic E-state index is 0.354. The second-order valence-electron chi connectivity index (χ2n) is 3.27. The van der Waals surface area contributed by atoms with Crippen molar-refractivity contribution in [2.75, 3.05) is 10.7 Å².